The van der Waals surface area contributed by atoms with E-state index in [9.17, 15) is 18.0 Å². The summed E-state index contributed by atoms with van der Waals surface area (Å²) in [6, 6.07) is 1.80. The van der Waals surface area contributed by atoms with Crippen LogP contribution in [0, 0.1) is 13.8 Å². The summed E-state index contributed by atoms with van der Waals surface area (Å²) in [4.78, 5) is 20.0. The second kappa shape index (κ2) is 6.57. The van der Waals surface area contributed by atoms with Gasteiger partial charge in [-0.25, -0.2) is 9.97 Å². The highest BCUT2D eigenvalue weighted by molar-refractivity contribution is 7.99. The first-order chi connectivity index (χ1) is 10.2. The quantitative estimate of drug-likeness (QED) is 0.675. The molecule has 0 radical (unpaired) electrons. The second-order valence-corrected chi connectivity index (χ2v) is 6.10. The van der Waals surface area contributed by atoms with Crippen molar-refractivity contribution < 1.29 is 18.0 Å². The highest BCUT2D eigenvalue weighted by atomic mass is 32.2. The number of thioether (sulfide) groups is 1. The maximum Gasteiger partial charge on any atom is 0.445 e. The van der Waals surface area contributed by atoms with Crippen LogP contribution in [0.5, 0.6) is 0 Å². The number of hydrogen-bond donors (Lipinski definition) is 1. The lowest BCUT2D eigenvalue weighted by atomic mass is 10.4. The van der Waals surface area contributed by atoms with Crippen LogP contribution in [0.2, 0.25) is 0 Å². The molecular weight excluding hydrogens is 339 g/mol. The summed E-state index contributed by atoms with van der Waals surface area (Å²) in [7, 11) is 0. The first kappa shape index (κ1) is 16.6. The van der Waals surface area contributed by atoms with Crippen LogP contribution in [0.1, 0.15) is 16.4 Å². The van der Waals surface area contributed by atoms with Gasteiger partial charge in [-0.05, 0) is 19.9 Å². The molecular formula is C11H10F3N5OS2. The third kappa shape index (κ3) is 4.63. The summed E-state index contributed by atoms with van der Waals surface area (Å²) in [6.07, 6.45) is -4.57. The van der Waals surface area contributed by atoms with Gasteiger partial charge in [-0.15, -0.1) is 10.2 Å². The summed E-state index contributed by atoms with van der Waals surface area (Å²) in [5.74, 6) is -0.540. The van der Waals surface area contributed by atoms with Crippen LogP contribution >= 0.6 is 23.1 Å². The molecule has 0 unspecified atom stereocenters. The number of rotatable bonds is 4. The van der Waals surface area contributed by atoms with E-state index in [-0.39, 0.29) is 22.2 Å². The molecule has 1 N–H and O–H groups in total. The number of nitrogens with one attached hydrogen (secondary N) is 1. The molecule has 0 aliphatic rings. The third-order valence-electron chi connectivity index (χ3n) is 2.21. The highest BCUT2D eigenvalue weighted by Crippen LogP contribution is 2.33. The van der Waals surface area contributed by atoms with Gasteiger partial charge < -0.3 is 0 Å². The topological polar surface area (TPSA) is 80.7 Å². The predicted molar refractivity (Wildman–Crippen MR) is 75.8 cm³/mol. The average molecular weight is 349 g/mol. The maximum absolute atomic E-state index is 12.4. The van der Waals surface area contributed by atoms with Crippen molar-refractivity contribution in [2.45, 2.75) is 25.2 Å². The van der Waals surface area contributed by atoms with Gasteiger partial charge in [-0.3, -0.25) is 10.1 Å². The highest BCUT2D eigenvalue weighted by Gasteiger charge is 2.35. The molecule has 2 aromatic rings. The maximum atomic E-state index is 12.4. The number of halogens is 3. The number of aryl methyl sites for hydroxylation is 2. The minimum Gasteiger partial charge on any atom is -0.300 e. The molecule has 0 saturated carbocycles. The van der Waals surface area contributed by atoms with Gasteiger partial charge in [-0.2, -0.15) is 13.2 Å². The Morgan fingerprint density at radius 3 is 2.45 bits per heavy atom. The van der Waals surface area contributed by atoms with Crippen molar-refractivity contribution in [3.63, 3.8) is 0 Å². The van der Waals surface area contributed by atoms with E-state index in [0.29, 0.717) is 5.16 Å². The summed E-state index contributed by atoms with van der Waals surface area (Å²) in [5.41, 5.74) is 1.55. The summed E-state index contributed by atoms with van der Waals surface area (Å²) in [6.45, 7) is 3.61. The fraction of sp³-hybridized carbons (Fsp3) is 0.364. The van der Waals surface area contributed by atoms with Crippen LogP contribution in [0.15, 0.2) is 11.2 Å². The molecule has 0 aromatic carbocycles. The van der Waals surface area contributed by atoms with Crippen LogP contribution in [-0.2, 0) is 11.0 Å². The third-order valence-corrected chi connectivity index (χ3v) is 3.94. The van der Waals surface area contributed by atoms with Crippen LogP contribution in [0.4, 0.5) is 18.3 Å². The van der Waals surface area contributed by atoms with E-state index < -0.39 is 17.1 Å². The summed E-state index contributed by atoms with van der Waals surface area (Å²) in [5, 5.41) is 7.66. The molecule has 2 aromatic heterocycles. The van der Waals surface area contributed by atoms with Gasteiger partial charge in [0.25, 0.3) is 0 Å². The number of carbonyl (C=O) groups excluding carboxylic acids is 1. The summed E-state index contributed by atoms with van der Waals surface area (Å²) >= 11 is 1.36. The van der Waals surface area contributed by atoms with Crippen LogP contribution in [-0.4, -0.2) is 31.8 Å². The Kier molecular flexibility index (Phi) is 4.96. The zero-order chi connectivity index (χ0) is 16.3. The Bertz CT molecular complexity index is 668. The van der Waals surface area contributed by atoms with Gasteiger partial charge in [0.05, 0.1) is 5.75 Å². The van der Waals surface area contributed by atoms with E-state index in [1.165, 1.54) is 0 Å². The van der Waals surface area contributed by atoms with Gasteiger partial charge >= 0.3 is 6.18 Å². The SMILES string of the molecule is Cc1cc(C)nc(SCC(=O)Nc2nnc(C(F)(F)F)s2)n1. The van der Waals surface area contributed by atoms with Crippen molar-refractivity contribution in [2.24, 2.45) is 0 Å². The molecule has 0 bridgehead atoms. The second-order valence-electron chi connectivity index (χ2n) is 4.18. The standard InChI is InChI=1S/C11H10F3N5OS2/c1-5-3-6(2)16-9(15-5)21-4-7(20)17-10-19-18-8(22-10)11(12,13)14/h3H,4H2,1-2H3,(H,17,19,20). The molecule has 2 rings (SSSR count). The molecule has 22 heavy (non-hydrogen) atoms. The Morgan fingerprint density at radius 2 is 1.91 bits per heavy atom. The molecule has 11 heteroatoms. The van der Waals surface area contributed by atoms with E-state index in [1.54, 1.807) is 19.9 Å². The minimum absolute atomic E-state index is 0.0379. The van der Waals surface area contributed by atoms with E-state index >= 15 is 0 Å². The van der Waals surface area contributed by atoms with Crippen molar-refractivity contribution in [1.29, 1.82) is 0 Å². The average Bonchev–Trinajstić information content (AvgIpc) is 2.83. The van der Waals surface area contributed by atoms with Gasteiger partial charge in [-0.1, -0.05) is 23.1 Å². The van der Waals surface area contributed by atoms with Crippen LogP contribution < -0.4 is 5.32 Å². The smallest absolute Gasteiger partial charge is 0.300 e. The first-order valence-electron chi connectivity index (χ1n) is 5.89. The molecule has 2 heterocycles. The zero-order valence-corrected chi connectivity index (χ0v) is 13.1. The molecule has 0 saturated heterocycles. The van der Waals surface area contributed by atoms with Crippen molar-refractivity contribution in [3.05, 3.63) is 22.5 Å². The van der Waals surface area contributed by atoms with E-state index in [4.69, 9.17) is 0 Å². The monoisotopic (exact) mass is 349 g/mol. The number of alkyl halides is 3. The minimum atomic E-state index is -4.57. The normalized spacial score (nSPS) is 11.5. The van der Waals surface area contributed by atoms with E-state index in [2.05, 4.69) is 25.5 Å². The number of anilines is 1. The molecule has 1 amide bonds. The molecule has 0 atom stereocenters. The number of aromatic nitrogens is 4. The number of hydrogen-bond acceptors (Lipinski definition) is 7. The molecule has 0 aliphatic heterocycles. The van der Waals surface area contributed by atoms with Crippen molar-refractivity contribution >= 4 is 34.1 Å². The Morgan fingerprint density at radius 1 is 1.27 bits per heavy atom. The Hall–Kier alpha value is -1.75. The Labute approximate surface area is 131 Å². The van der Waals surface area contributed by atoms with E-state index in [1.807, 2.05) is 0 Å². The fourth-order valence-corrected chi connectivity index (χ4v) is 2.81. The lowest BCUT2D eigenvalue weighted by Gasteiger charge is -2.03. The largest absolute Gasteiger partial charge is 0.445 e. The van der Waals surface area contributed by atoms with Gasteiger partial charge in [0.1, 0.15) is 0 Å². The van der Waals surface area contributed by atoms with Gasteiger partial charge in [0, 0.05) is 11.4 Å². The zero-order valence-electron chi connectivity index (χ0n) is 11.4. The first-order valence-corrected chi connectivity index (χ1v) is 7.70. The van der Waals surface area contributed by atoms with E-state index in [0.717, 1.165) is 23.1 Å². The van der Waals surface area contributed by atoms with Crippen molar-refractivity contribution in [3.8, 4) is 0 Å². The van der Waals surface area contributed by atoms with Crippen LogP contribution in [0.25, 0.3) is 0 Å². The van der Waals surface area contributed by atoms with Gasteiger partial charge in [0.15, 0.2) is 5.16 Å². The molecule has 118 valence electrons. The van der Waals surface area contributed by atoms with Crippen molar-refractivity contribution in [2.75, 3.05) is 11.1 Å². The molecule has 0 fully saturated rings. The Balaban J connectivity index is 1.92. The number of carbonyl (C=O) groups is 1. The fourth-order valence-electron chi connectivity index (χ4n) is 1.43. The van der Waals surface area contributed by atoms with Crippen LogP contribution in [0.3, 0.4) is 0 Å². The van der Waals surface area contributed by atoms with Gasteiger partial charge in [0.2, 0.25) is 16.0 Å². The predicted octanol–water partition coefficient (Wildman–Crippen LogP) is 2.69. The molecule has 0 spiro atoms. The lowest BCUT2D eigenvalue weighted by Crippen LogP contribution is -2.14. The summed E-state index contributed by atoms with van der Waals surface area (Å²) < 4.78 is 37.1. The lowest BCUT2D eigenvalue weighted by molar-refractivity contribution is -0.138. The van der Waals surface area contributed by atoms with Crippen molar-refractivity contribution in [1.82, 2.24) is 20.2 Å². The molecule has 6 nitrogen and oxygen atoms in total. The number of amides is 1. The molecule has 0 aliphatic carbocycles. The number of nitrogens with zero attached hydrogens (tertiary/aromatic N) is 4.